The summed E-state index contributed by atoms with van der Waals surface area (Å²) in [7, 11) is 4.10. The number of ether oxygens (including phenoxy) is 2. The Bertz CT molecular complexity index is 338. The van der Waals surface area contributed by atoms with Crippen molar-refractivity contribution in [3.63, 3.8) is 0 Å². The highest BCUT2D eigenvalue weighted by atomic mass is 16.5. The van der Waals surface area contributed by atoms with Crippen molar-refractivity contribution >= 4 is 5.91 Å². The van der Waals surface area contributed by atoms with Gasteiger partial charge in [-0.25, -0.2) is 0 Å². The third kappa shape index (κ3) is 5.21. The monoisotopic (exact) mass is 299 g/mol. The molecule has 0 aromatic heterocycles. The summed E-state index contributed by atoms with van der Waals surface area (Å²) in [5.74, 6) is 0.224. The normalized spacial score (nSPS) is 28.1. The zero-order valence-corrected chi connectivity index (χ0v) is 13.6. The molecule has 122 valence electrons. The van der Waals surface area contributed by atoms with Crippen molar-refractivity contribution in [1.82, 2.24) is 14.7 Å². The van der Waals surface area contributed by atoms with E-state index >= 15 is 0 Å². The largest absolute Gasteiger partial charge is 0.375 e. The van der Waals surface area contributed by atoms with E-state index in [-0.39, 0.29) is 18.1 Å². The van der Waals surface area contributed by atoms with Crippen molar-refractivity contribution < 1.29 is 14.3 Å². The predicted octanol–water partition coefficient (Wildman–Crippen LogP) is -0.114. The van der Waals surface area contributed by atoms with Gasteiger partial charge in [0.05, 0.1) is 32.0 Å². The van der Waals surface area contributed by atoms with Gasteiger partial charge in [-0.15, -0.1) is 0 Å². The summed E-state index contributed by atoms with van der Waals surface area (Å²) >= 11 is 0. The number of hydrogen-bond acceptors (Lipinski definition) is 5. The molecule has 2 saturated heterocycles. The zero-order chi connectivity index (χ0) is 15.2. The van der Waals surface area contributed by atoms with Gasteiger partial charge in [0, 0.05) is 32.7 Å². The topological polar surface area (TPSA) is 45.2 Å². The Balaban J connectivity index is 1.78. The number of carbonyl (C=O) groups excluding carboxylic acids is 1. The summed E-state index contributed by atoms with van der Waals surface area (Å²) in [4.78, 5) is 18.7. The van der Waals surface area contributed by atoms with Gasteiger partial charge in [-0.2, -0.15) is 0 Å². The van der Waals surface area contributed by atoms with Crippen LogP contribution in [0.2, 0.25) is 0 Å². The molecule has 2 fully saturated rings. The minimum absolute atomic E-state index is 0.203. The van der Waals surface area contributed by atoms with Crippen LogP contribution in [0.1, 0.15) is 13.3 Å². The molecule has 6 heteroatoms. The van der Waals surface area contributed by atoms with Crippen molar-refractivity contribution in [2.45, 2.75) is 25.6 Å². The molecule has 0 N–H and O–H groups in total. The molecule has 1 amide bonds. The minimum atomic E-state index is 0.203. The Morgan fingerprint density at radius 1 is 1.14 bits per heavy atom. The fourth-order valence-electron chi connectivity index (χ4n) is 2.93. The summed E-state index contributed by atoms with van der Waals surface area (Å²) < 4.78 is 11.4. The number of morpholine rings is 2. The van der Waals surface area contributed by atoms with Crippen molar-refractivity contribution in [2.75, 3.05) is 66.6 Å². The number of amides is 1. The Hall–Kier alpha value is -0.690. The molecule has 0 saturated carbocycles. The molecule has 2 aliphatic rings. The molecule has 2 atom stereocenters. The van der Waals surface area contributed by atoms with Crippen molar-refractivity contribution in [3.8, 4) is 0 Å². The van der Waals surface area contributed by atoms with Gasteiger partial charge in [0.1, 0.15) is 0 Å². The molecule has 0 aliphatic carbocycles. The van der Waals surface area contributed by atoms with Crippen LogP contribution in [0.15, 0.2) is 0 Å². The lowest BCUT2D eigenvalue weighted by Gasteiger charge is -2.37. The first-order valence-electron chi connectivity index (χ1n) is 7.96. The summed E-state index contributed by atoms with van der Waals surface area (Å²) in [6, 6.07) is 0. The zero-order valence-electron chi connectivity index (χ0n) is 13.6. The maximum absolute atomic E-state index is 12.4. The molecular formula is C15H29N3O3. The number of nitrogens with zero attached hydrogens (tertiary/aromatic N) is 3. The third-order valence-electron chi connectivity index (χ3n) is 4.10. The number of hydrogen-bond donors (Lipinski definition) is 0. The third-order valence-corrected chi connectivity index (χ3v) is 4.10. The predicted molar refractivity (Wildman–Crippen MR) is 81.3 cm³/mol. The molecule has 0 radical (unpaired) electrons. The van der Waals surface area contributed by atoms with Crippen LogP contribution in [-0.2, 0) is 14.3 Å². The van der Waals surface area contributed by atoms with E-state index in [0.29, 0.717) is 19.8 Å². The second kappa shape index (κ2) is 8.08. The molecule has 21 heavy (non-hydrogen) atoms. The van der Waals surface area contributed by atoms with E-state index in [1.165, 1.54) is 0 Å². The Morgan fingerprint density at radius 3 is 2.57 bits per heavy atom. The van der Waals surface area contributed by atoms with Gasteiger partial charge in [-0.05, 0) is 20.5 Å². The number of rotatable bonds is 5. The first-order chi connectivity index (χ1) is 10.1. The van der Waals surface area contributed by atoms with Gasteiger partial charge < -0.3 is 19.3 Å². The van der Waals surface area contributed by atoms with Crippen LogP contribution in [0.5, 0.6) is 0 Å². The fourth-order valence-corrected chi connectivity index (χ4v) is 2.93. The van der Waals surface area contributed by atoms with E-state index in [4.69, 9.17) is 9.47 Å². The van der Waals surface area contributed by atoms with Crippen LogP contribution in [0.25, 0.3) is 0 Å². The second-order valence-corrected chi connectivity index (χ2v) is 6.23. The quantitative estimate of drug-likeness (QED) is 0.709. The van der Waals surface area contributed by atoms with Gasteiger partial charge in [-0.3, -0.25) is 9.69 Å². The first-order valence-corrected chi connectivity index (χ1v) is 7.96. The van der Waals surface area contributed by atoms with Crippen LogP contribution < -0.4 is 0 Å². The fraction of sp³-hybridized carbons (Fsp3) is 0.933. The maximum atomic E-state index is 12.4. The lowest BCUT2D eigenvalue weighted by Crippen LogP contribution is -2.52. The van der Waals surface area contributed by atoms with E-state index in [9.17, 15) is 4.79 Å². The van der Waals surface area contributed by atoms with Gasteiger partial charge in [-0.1, -0.05) is 6.92 Å². The van der Waals surface area contributed by atoms with Crippen molar-refractivity contribution in [3.05, 3.63) is 0 Å². The molecular weight excluding hydrogens is 270 g/mol. The van der Waals surface area contributed by atoms with Gasteiger partial charge in [0.25, 0.3) is 0 Å². The molecule has 2 aliphatic heterocycles. The van der Waals surface area contributed by atoms with Gasteiger partial charge >= 0.3 is 0 Å². The molecule has 0 aromatic carbocycles. The highest BCUT2D eigenvalue weighted by Gasteiger charge is 2.27. The summed E-state index contributed by atoms with van der Waals surface area (Å²) in [6.45, 7) is 8.03. The Morgan fingerprint density at radius 2 is 1.86 bits per heavy atom. The van der Waals surface area contributed by atoms with E-state index in [1.807, 2.05) is 19.0 Å². The molecule has 0 bridgehead atoms. The summed E-state index contributed by atoms with van der Waals surface area (Å²) in [5, 5.41) is 0. The summed E-state index contributed by atoms with van der Waals surface area (Å²) in [6.07, 6.45) is 1.37. The van der Waals surface area contributed by atoms with Gasteiger partial charge in [0.2, 0.25) is 5.91 Å². The second-order valence-electron chi connectivity index (χ2n) is 6.23. The molecule has 2 heterocycles. The maximum Gasteiger partial charge on any atom is 0.236 e. The molecule has 0 spiro atoms. The first kappa shape index (κ1) is 16.7. The molecule has 0 aromatic rings. The van der Waals surface area contributed by atoms with Crippen LogP contribution >= 0.6 is 0 Å². The molecule has 2 rings (SSSR count). The van der Waals surface area contributed by atoms with Crippen LogP contribution in [-0.4, -0.2) is 99.4 Å². The van der Waals surface area contributed by atoms with Crippen LogP contribution in [0.4, 0.5) is 0 Å². The van der Waals surface area contributed by atoms with Crippen molar-refractivity contribution in [2.24, 2.45) is 0 Å². The van der Waals surface area contributed by atoms with Crippen molar-refractivity contribution in [1.29, 1.82) is 0 Å². The van der Waals surface area contributed by atoms with E-state index in [1.54, 1.807) is 0 Å². The lowest BCUT2D eigenvalue weighted by atomic mass is 10.2. The molecule has 6 nitrogen and oxygen atoms in total. The number of likely N-dealkylation sites (N-methyl/N-ethyl adjacent to an activating group) is 1. The highest BCUT2D eigenvalue weighted by Crippen LogP contribution is 2.11. The standard InChI is InChI=1S/C15H29N3O3/c1-4-13-11-18(6-8-20-13)15(19)12-17-5-7-21-14(10-17)9-16(2)3/h13-14H,4-12H2,1-3H3/t13-,14-/m1/s1. The number of carbonyl (C=O) groups is 1. The average Bonchev–Trinajstić information content (AvgIpc) is 2.47. The van der Waals surface area contributed by atoms with E-state index in [2.05, 4.69) is 16.7 Å². The van der Waals surface area contributed by atoms with E-state index in [0.717, 1.165) is 39.1 Å². The van der Waals surface area contributed by atoms with E-state index < -0.39 is 0 Å². The Kier molecular flexibility index (Phi) is 6.41. The van der Waals surface area contributed by atoms with Crippen LogP contribution in [0.3, 0.4) is 0 Å². The highest BCUT2D eigenvalue weighted by molar-refractivity contribution is 5.78. The minimum Gasteiger partial charge on any atom is -0.375 e. The molecule has 0 unspecified atom stereocenters. The average molecular weight is 299 g/mol. The summed E-state index contributed by atoms with van der Waals surface area (Å²) in [5.41, 5.74) is 0. The SMILES string of the molecule is CC[C@@H]1CN(C(=O)CN2CCO[C@H](CN(C)C)C2)CCO1. The smallest absolute Gasteiger partial charge is 0.236 e. The van der Waals surface area contributed by atoms with Crippen LogP contribution in [0, 0.1) is 0 Å². The lowest BCUT2D eigenvalue weighted by molar-refractivity contribution is -0.142. The Labute approximate surface area is 128 Å². The van der Waals surface area contributed by atoms with Gasteiger partial charge in [0.15, 0.2) is 0 Å².